The van der Waals surface area contributed by atoms with E-state index in [0.717, 1.165) is 0 Å². The van der Waals surface area contributed by atoms with Gasteiger partial charge in [0.15, 0.2) is 0 Å². The van der Waals surface area contributed by atoms with Crippen LogP contribution in [-0.2, 0) is 9.53 Å². The highest BCUT2D eigenvalue weighted by Gasteiger charge is 2.03. The first-order chi connectivity index (χ1) is 5.57. The molecular formula is C8H10BrNO2. The number of nitrogens with zero attached hydrogens (tertiary/aromatic N) is 1. The lowest BCUT2D eigenvalue weighted by molar-refractivity contribution is -0.138. The second-order valence-corrected chi connectivity index (χ2v) is 2.89. The van der Waals surface area contributed by atoms with Gasteiger partial charge < -0.3 is 4.74 Å². The molecule has 0 heterocycles. The van der Waals surface area contributed by atoms with Crippen molar-refractivity contribution in [3.8, 4) is 0 Å². The normalized spacial score (nSPS) is 9.83. The average molecular weight is 232 g/mol. The van der Waals surface area contributed by atoms with Crippen LogP contribution in [0.25, 0.3) is 0 Å². The van der Waals surface area contributed by atoms with Crippen LogP contribution in [0.2, 0.25) is 0 Å². The van der Waals surface area contributed by atoms with Crippen molar-refractivity contribution in [2.75, 3.05) is 6.61 Å². The Morgan fingerprint density at radius 2 is 2.25 bits per heavy atom. The maximum Gasteiger partial charge on any atom is 0.356 e. The third-order valence-corrected chi connectivity index (χ3v) is 1.08. The standard InChI is InChI=1S/C8H10BrNO2/c1-4-12-8(11)7(3)10-5-6(2)9/h5H,2-4H2,1H3/b10-5+. The number of aliphatic imine (C=N–C) groups is 1. The molecule has 3 nitrogen and oxygen atoms in total. The van der Waals surface area contributed by atoms with Gasteiger partial charge >= 0.3 is 5.97 Å². The SMILES string of the molecule is C=C(Br)/C=N/C(=C)C(=O)OCC. The maximum absolute atomic E-state index is 10.9. The maximum atomic E-state index is 10.9. The minimum absolute atomic E-state index is 0.0671. The smallest absolute Gasteiger partial charge is 0.356 e. The molecule has 12 heavy (non-hydrogen) atoms. The van der Waals surface area contributed by atoms with Crippen LogP contribution in [-0.4, -0.2) is 18.8 Å². The highest BCUT2D eigenvalue weighted by molar-refractivity contribution is 9.12. The Morgan fingerprint density at radius 1 is 1.67 bits per heavy atom. The molecule has 0 rings (SSSR count). The zero-order valence-electron chi connectivity index (χ0n) is 6.84. The number of esters is 1. The Kier molecular flexibility index (Phi) is 5.28. The van der Waals surface area contributed by atoms with E-state index in [-0.39, 0.29) is 5.70 Å². The van der Waals surface area contributed by atoms with Crippen molar-refractivity contribution in [3.63, 3.8) is 0 Å². The molecule has 0 aliphatic rings. The van der Waals surface area contributed by atoms with Crippen LogP contribution >= 0.6 is 15.9 Å². The fourth-order valence-corrected chi connectivity index (χ4v) is 0.517. The first kappa shape index (κ1) is 11.1. The van der Waals surface area contributed by atoms with E-state index < -0.39 is 5.97 Å². The lowest BCUT2D eigenvalue weighted by atomic mass is 10.5. The summed E-state index contributed by atoms with van der Waals surface area (Å²) >= 11 is 3.05. The molecule has 0 aliphatic carbocycles. The molecule has 0 N–H and O–H groups in total. The van der Waals surface area contributed by atoms with Gasteiger partial charge in [-0.3, -0.25) is 0 Å². The molecule has 0 saturated carbocycles. The molecule has 0 unspecified atom stereocenters. The van der Waals surface area contributed by atoms with Gasteiger partial charge in [-0.2, -0.15) is 0 Å². The lowest BCUT2D eigenvalue weighted by Gasteiger charge is -1.98. The number of halogens is 1. The molecule has 0 radical (unpaired) electrons. The number of ether oxygens (including phenoxy) is 1. The molecule has 4 heteroatoms. The summed E-state index contributed by atoms with van der Waals surface area (Å²) in [6, 6.07) is 0. The van der Waals surface area contributed by atoms with Crippen LogP contribution in [0.4, 0.5) is 0 Å². The summed E-state index contributed by atoms with van der Waals surface area (Å²) < 4.78 is 5.22. The van der Waals surface area contributed by atoms with Gasteiger partial charge in [-0.1, -0.05) is 13.2 Å². The zero-order chi connectivity index (χ0) is 9.56. The summed E-state index contributed by atoms with van der Waals surface area (Å²) in [5, 5.41) is 0. The van der Waals surface area contributed by atoms with Crippen LogP contribution in [0.15, 0.2) is 28.3 Å². The van der Waals surface area contributed by atoms with Crippen LogP contribution in [0, 0.1) is 0 Å². The van der Waals surface area contributed by atoms with E-state index in [9.17, 15) is 4.79 Å². The lowest BCUT2D eigenvalue weighted by Crippen LogP contribution is -2.04. The van der Waals surface area contributed by atoms with Crippen LogP contribution < -0.4 is 0 Å². The molecule has 0 aliphatic heterocycles. The van der Waals surface area contributed by atoms with Gasteiger partial charge in [-0.15, -0.1) is 0 Å². The summed E-state index contributed by atoms with van der Waals surface area (Å²) in [4.78, 5) is 14.6. The minimum Gasteiger partial charge on any atom is -0.461 e. The Labute approximate surface area is 80.0 Å². The molecule has 0 fully saturated rings. The van der Waals surface area contributed by atoms with Crippen molar-refractivity contribution in [3.05, 3.63) is 23.3 Å². The number of hydrogen-bond acceptors (Lipinski definition) is 3. The molecule has 0 aromatic heterocycles. The van der Waals surface area contributed by atoms with Gasteiger partial charge in [0.05, 0.1) is 6.61 Å². The zero-order valence-corrected chi connectivity index (χ0v) is 8.43. The van der Waals surface area contributed by atoms with Crippen molar-refractivity contribution in [1.29, 1.82) is 0 Å². The molecule has 0 aromatic carbocycles. The fourth-order valence-electron chi connectivity index (χ4n) is 0.415. The number of hydrogen-bond donors (Lipinski definition) is 0. The van der Waals surface area contributed by atoms with E-state index in [1.807, 2.05) is 0 Å². The quantitative estimate of drug-likeness (QED) is 0.422. The van der Waals surface area contributed by atoms with Crippen molar-refractivity contribution < 1.29 is 9.53 Å². The first-order valence-electron chi connectivity index (χ1n) is 3.32. The molecule has 0 amide bonds. The number of rotatable bonds is 4. The second kappa shape index (κ2) is 5.71. The highest BCUT2D eigenvalue weighted by atomic mass is 79.9. The highest BCUT2D eigenvalue weighted by Crippen LogP contribution is 2.00. The number of carbonyl (C=O) groups excluding carboxylic acids is 1. The van der Waals surface area contributed by atoms with Crippen molar-refractivity contribution >= 4 is 28.1 Å². The molecular weight excluding hydrogens is 222 g/mol. The third kappa shape index (κ3) is 4.85. The topological polar surface area (TPSA) is 38.7 Å². The summed E-state index contributed by atoms with van der Waals surface area (Å²) in [5.41, 5.74) is 0.0671. The monoisotopic (exact) mass is 231 g/mol. The van der Waals surface area contributed by atoms with E-state index in [1.165, 1.54) is 6.21 Å². The van der Waals surface area contributed by atoms with Gasteiger partial charge in [-0.05, 0) is 22.9 Å². The molecule has 0 atom stereocenters. The molecule has 0 saturated heterocycles. The number of allylic oxidation sites excluding steroid dienone is 1. The Hall–Kier alpha value is -0.900. The summed E-state index contributed by atoms with van der Waals surface area (Å²) in [6.45, 7) is 8.96. The van der Waals surface area contributed by atoms with Crippen LogP contribution in [0.1, 0.15) is 6.92 Å². The van der Waals surface area contributed by atoms with Crippen molar-refractivity contribution in [2.24, 2.45) is 4.99 Å². The van der Waals surface area contributed by atoms with Gasteiger partial charge in [-0.25, -0.2) is 9.79 Å². The number of carbonyl (C=O) groups is 1. The van der Waals surface area contributed by atoms with Crippen molar-refractivity contribution in [1.82, 2.24) is 0 Å². The van der Waals surface area contributed by atoms with E-state index in [0.29, 0.717) is 11.1 Å². The predicted octanol–water partition coefficient (Wildman–Crippen LogP) is 2.04. The minimum atomic E-state index is -0.512. The second-order valence-electron chi connectivity index (χ2n) is 1.87. The molecule has 0 spiro atoms. The fraction of sp³-hybridized carbons (Fsp3) is 0.250. The predicted molar refractivity (Wildman–Crippen MR) is 52.3 cm³/mol. The Bertz CT molecular complexity index is 233. The van der Waals surface area contributed by atoms with Crippen LogP contribution in [0.5, 0.6) is 0 Å². The van der Waals surface area contributed by atoms with Gasteiger partial charge in [0.2, 0.25) is 0 Å². The average Bonchev–Trinajstić information content (AvgIpc) is 2.00. The largest absolute Gasteiger partial charge is 0.461 e. The Balaban J connectivity index is 4.04. The Morgan fingerprint density at radius 3 is 2.67 bits per heavy atom. The first-order valence-corrected chi connectivity index (χ1v) is 4.11. The van der Waals surface area contributed by atoms with E-state index in [4.69, 9.17) is 0 Å². The van der Waals surface area contributed by atoms with Crippen LogP contribution in [0.3, 0.4) is 0 Å². The third-order valence-electron chi connectivity index (χ3n) is 0.872. The summed E-state index contributed by atoms with van der Waals surface area (Å²) in [7, 11) is 0. The van der Waals surface area contributed by atoms with Gasteiger partial charge in [0, 0.05) is 10.7 Å². The van der Waals surface area contributed by atoms with Gasteiger partial charge in [0.1, 0.15) is 5.70 Å². The summed E-state index contributed by atoms with van der Waals surface area (Å²) in [5.74, 6) is -0.512. The molecule has 66 valence electrons. The van der Waals surface area contributed by atoms with E-state index >= 15 is 0 Å². The van der Waals surface area contributed by atoms with E-state index in [2.05, 4.69) is 38.8 Å². The van der Waals surface area contributed by atoms with Gasteiger partial charge in [0.25, 0.3) is 0 Å². The molecule has 0 aromatic rings. The van der Waals surface area contributed by atoms with Crippen molar-refractivity contribution in [2.45, 2.75) is 6.92 Å². The van der Waals surface area contributed by atoms with E-state index in [1.54, 1.807) is 6.92 Å². The molecule has 0 bridgehead atoms. The summed E-state index contributed by atoms with van der Waals surface area (Å²) in [6.07, 6.45) is 1.39.